The van der Waals surface area contributed by atoms with Gasteiger partial charge in [0.15, 0.2) is 0 Å². The number of ether oxygens (including phenoxy) is 2. The van der Waals surface area contributed by atoms with Crippen LogP contribution in [0, 0.1) is 5.92 Å². The average molecular weight is 466 g/mol. The SMILES string of the molecule is CCOC(=O)CNP(=O)(OCC1CC(C)C(n2ccc(N)nc2=O)O1)Oc1ccccc1. The van der Waals surface area contributed by atoms with Crippen LogP contribution in [0.15, 0.2) is 47.4 Å². The third-order valence-corrected chi connectivity index (χ3v) is 6.19. The first kappa shape index (κ1) is 23.9. The molecule has 174 valence electrons. The standard InChI is InChI=1S/C20H27N4O7P/c1-3-28-18(25)12-22-32(27,31-15-7-5-4-6-8-15)29-13-16-11-14(2)19(30-16)24-10-9-17(21)23-20(24)26/h4-10,14,16,19H,3,11-13H2,1-2H3,(H,22,27)(H2,21,23,26). The Morgan fingerprint density at radius 1 is 1.34 bits per heavy atom. The zero-order valence-electron chi connectivity index (χ0n) is 17.9. The van der Waals surface area contributed by atoms with E-state index in [9.17, 15) is 14.2 Å². The second-order valence-corrected chi connectivity index (χ2v) is 8.99. The van der Waals surface area contributed by atoms with E-state index in [0.717, 1.165) is 0 Å². The van der Waals surface area contributed by atoms with E-state index in [1.54, 1.807) is 37.3 Å². The average Bonchev–Trinajstić information content (AvgIpc) is 3.12. The minimum absolute atomic E-state index is 0.0337. The number of nitrogens with two attached hydrogens (primary N) is 1. The number of rotatable bonds is 10. The summed E-state index contributed by atoms with van der Waals surface area (Å²) < 4.78 is 36.6. The molecule has 0 radical (unpaired) electrons. The molecule has 1 aromatic heterocycles. The number of anilines is 1. The fourth-order valence-corrected chi connectivity index (χ4v) is 4.56. The molecule has 11 nitrogen and oxygen atoms in total. The third kappa shape index (κ3) is 6.39. The Morgan fingerprint density at radius 3 is 2.78 bits per heavy atom. The summed E-state index contributed by atoms with van der Waals surface area (Å²) in [4.78, 5) is 27.6. The van der Waals surface area contributed by atoms with Crippen molar-refractivity contribution in [1.82, 2.24) is 14.6 Å². The smallest absolute Gasteiger partial charge is 0.459 e. The lowest BCUT2D eigenvalue weighted by Gasteiger charge is -2.22. The molecule has 1 aromatic carbocycles. The van der Waals surface area contributed by atoms with Gasteiger partial charge in [0.2, 0.25) is 0 Å². The fraction of sp³-hybridized carbons (Fsp3) is 0.450. The summed E-state index contributed by atoms with van der Waals surface area (Å²) in [6.07, 6.45) is 1.05. The number of nitrogens with one attached hydrogen (secondary N) is 1. The lowest BCUT2D eigenvalue weighted by atomic mass is 10.1. The Kier molecular flexibility index (Phi) is 8.03. The van der Waals surface area contributed by atoms with Crippen molar-refractivity contribution in [3.63, 3.8) is 0 Å². The predicted octanol–water partition coefficient (Wildman–Crippen LogP) is 2.11. The number of esters is 1. The molecule has 32 heavy (non-hydrogen) atoms. The quantitative estimate of drug-likeness (QED) is 0.394. The van der Waals surface area contributed by atoms with E-state index >= 15 is 0 Å². The maximum absolute atomic E-state index is 13.3. The van der Waals surface area contributed by atoms with Crippen LogP contribution in [0.2, 0.25) is 0 Å². The van der Waals surface area contributed by atoms with Gasteiger partial charge in [-0.2, -0.15) is 4.98 Å². The van der Waals surface area contributed by atoms with Crippen LogP contribution < -0.4 is 21.0 Å². The van der Waals surface area contributed by atoms with Crippen LogP contribution in [0.4, 0.5) is 5.82 Å². The highest BCUT2D eigenvalue weighted by molar-refractivity contribution is 7.52. The number of hydrogen-bond donors (Lipinski definition) is 2. The lowest BCUT2D eigenvalue weighted by molar-refractivity contribution is -0.141. The summed E-state index contributed by atoms with van der Waals surface area (Å²) in [6.45, 7) is 3.35. The van der Waals surface area contributed by atoms with Gasteiger partial charge in [-0.05, 0) is 31.5 Å². The van der Waals surface area contributed by atoms with Crippen molar-refractivity contribution in [2.24, 2.45) is 5.92 Å². The van der Waals surface area contributed by atoms with E-state index in [1.807, 2.05) is 6.92 Å². The zero-order valence-corrected chi connectivity index (χ0v) is 18.8. The second-order valence-electron chi connectivity index (χ2n) is 7.24. The maximum Gasteiger partial charge on any atom is 0.459 e. The molecule has 0 saturated carbocycles. The zero-order chi connectivity index (χ0) is 23.1. The molecule has 0 aliphatic carbocycles. The first-order chi connectivity index (χ1) is 15.3. The topological polar surface area (TPSA) is 144 Å². The van der Waals surface area contributed by atoms with Gasteiger partial charge in [-0.3, -0.25) is 13.9 Å². The van der Waals surface area contributed by atoms with Crippen LogP contribution in [0.3, 0.4) is 0 Å². The van der Waals surface area contributed by atoms with E-state index in [1.165, 1.54) is 16.8 Å². The second kappa shape index (κ2) is 10.7. The van der Waals surface area contributed by atoms with Gasteiger partial charge in [0.1, 0.15) is 24.3 Å². The molecule has 3 rings (SSSR count). The molecule has 1 aliphatic rings. The number of carbonyl (C=O) groups excluding carboxylic acids is 1. The molecule has 0 spiro atoms. The summed E-state index contributed by atoms with van der Waals surface area (Å²) in [6, 6.07) is 9.97. The van der Waals surface area contributed by atoms with Crippen LogP contribution >= 0.6 is 7.75 Å². The number of benzene rings is 1. The molecular formula is C20H27N4O7P. The van der Waals surface area contributed by atoms with Gasteiger partial charge in [0.05, 0.1) is 19.3 Å². The van der Waals surface area contributed by atoms with E-state index in [-0.39, 0.29) is 31.5 Å². The third-order valence-electron chi connectivity index (χ3n) is 4.70. The van der Waals surface area contributed by atoms with Crippen LogP contribution in [-0.4, -0.2) is 41.4 Å². The van der Waals surface area contributed by atoms with Gasteiger partial charge in [0, 0.05) is 12.1 Å². The molecule has 3 N–H and O–H groups in total. The molecule has 1 aliphatic heterocycles. The summed E-state index contributed by atoms with van der Waals surface area (Å²) in [5.41, 5.74) is 5.03. The molecular weight excluding hydrogens is 439 g/mol. The fourth-order valence-electron chi connectivity index (χ4n) is 3.26. The minimum Gasteiger partial charge on any atom is -0.465 e. The summed E-state index contributed by atoms with van der Waals surface area (Å²) in [5, 5.41) is 2.52. The van der Waals surface area contributed by atoms with Crippen molar-refractivity contribution in [2.45, 2.75) is 32.6 Å². The van der Waals surface area contributed by atoms with Gasteiger partial charge in [-0.25, -0.2) is 14.4 Å². The Hall–Kier alpha value is -2.72. The first-order valence-electron chi connectivity index (χ1n) is 10.2. The van der Waals surface area contributed by atoms with E-state index < -0.39 is 31.7 Å². The Labute approximate surface area is 185 Å². The number of carbonyl (C=O) groups is 1. The van der Waals surface area contributed by atoms with Crippen LogP contribution in [0.5, 0.6) is 5.75 Å². The highest BCUT2D eigenvalue weighted by Gasteiger charge is 2.37. The highest BCUT2D eigenvalue weighted by Crippen LogP contribution is 2.45. The van der Waals surface area contributed by atoms with E-state index in [4.69, 9.17) is 24.3 Å². The molecule has 0 amide bonds. The summed E-state index contributed by atoms with van der Waals surface area (Å²) in [7, 11) is -3.93. The molecule has 0 bridgehead atoms. The maximum atomic E-state index is 13.3. The summed E-state index contributed by atoms with van der Waals surface area (Å²) in [5.74, 6) is -0.184. The number of nitrogens with zero attached hydrogens (tertiary/aromatic N) is 2. The molecule has 2 heterocycles. The number of hydrogen-bond acceptors (Lipinski definition) is 9. The van der Waals surface area contributed by atoms with Gasteiger partial charge in [-0.15, -0.1) is 0 Å². The molecule has 2 aromatic rings. The molecule has 1 fully saturated rings. The Balaban J connectivity index is 1.66. The van der Waals surface area contributed by atoms with Gasteiger partial charge in [0.25, 0.3) is 0 Å². The van der Waals surface area contributed by atoms with Crippen molar-refractivity contribution >= 4 is 19.5 Å². The predicted molar refractivity (Wildman–Crippen MR) is 116 cm³/mol. The van der Waals surface area contributed by atoms with Gasteiger partial charge >= 0.3 is 19.4 Å². The van der Waals surface area contributed by atoms with E-state index in [0.29, 0.717) is 12.2 Å². The molecule has 1 saturated heterocycles. The van der Waals surface area contributed by atoms with Crippen molar-refractivity contribution in [1.29, 1.82) is 0 Å². The number of aromatic nitrogens is 2. The van der Waals surface area contributed by atoms with Crippen LogP contribution in [-0.2, 0) is 23.4 Å². The van der Waals surface area contributed by atoms with E-state index in [2.05, 4.69) is 10.1 Å². The molecule has 12 heteroatoms. The van der Waals surface area contributed by atoms with Gasteiger partial charge < -0.3 is 19.7 Å². The highest BCUT2D eigenvalue weighted by atomic mass is 31.2. The Morgan fingerprint density at radius 2 is 2.09 bits per heavy atom. The number of para-hydroxylation sites is 1. The van der Waals surface area contributed by atoms with Gasteiger partial charge in [-0.1, -0.05) is 25.1 Å². The van der Waals surface area contributed by atoms with Crippen molar-refractivity contribution in [3.05, 3.63) is 53.1 Å². The number of nitrogen functional groups attached to an aromatic ring is 1. The Bertz CT molecular complexity index is 1020. The van der Waals surface area contributed by atoms with Crippen molar-refractivity contribution < 1.29 is 27.9 Å². The largest absolute Gasteiger partial charge is 0.465 e. The summed E-state index contributed by atoms with van der Waals surface area (Å²) >= 11 is 0. The van der Waals surface area contributed by atoms with Crippen molar-refractivity contribution in [2.75, 3.05) is 25.5 Å². The monoisotopic (exact) mass is 466 g/mol. The van der Waals surface area contributed by atoms with Crippen LogP contribution in [0.25, 0.3) is 0 Å². The van der Waals surface area contributed by atoms with Crippen LogP contribution in [0.1, 0.15) is 26.5 Å². The molecule has 4 atom stereocenters. The minimum atomic E-state index is -3.93. The lowest BCUT2D eigenvalue weighted by Crippen LogP contribution is -2.30. The first-order valence-corrected chi connectivity index (χ1v) is 11.7. The van der Waals surface area contributed by atoms with Crippen molar-refractivity contribution in [3.8, 4) is 5.75 Å². The normalized spacial score (nSPS) is 22.2. The molecule has 4 unspecified atom stereocenters.